The predicted molar refractivity (Wildman–Crippen MR) is 241 cm³/mol. The van der Waals surface area contributed by atoms with Gasteiger partial charge in [-0.3, -0.25) is 19.7 Å². The van der Waals surface area contributed by atoms with E-state index in [4.69, 9.17) is 18.9 Å². The van der Waals surface area contributed by atoms with Crippen LogP contribution < -0.4 is 26.0 Å². The molecule has 65 heavy (non-hydrogen) atoms. The van der Waals surface area contributed by atoms with Gasteiger partial charge in [-0.1, -0.05) is 91.0 Å². The van der Waals surface area contributed by atoms with Crippen molar-refractivity contribution in [2.45, 2.75) is 76.7 Å². The molecule has 2 unspecified atom stereocenters. The van der Waals surface area contributed by atoms with Gasteiger partial charge in [-0.25, -0.2) is 14.4 Å². The van der Waals surface area contributed by atoms with Crippen molar-refractivity contribution in [3.8, 4) is 16.9 Å². The van der Waals surface area contributed by atoms with Crippen molar-refractivity contribution < 1.29 is 47.8 Å². The number of carbonyl (C=O) groups excluding carboxylic acids is 5. The van der Waals surface area contributed by atoms with Crippen LogP contribution in [0.3, 0.4) is 0 Å². The largest absolute Gasteiger partial charge is 0.514 e. The van der Waals surface area contributed by atoms with Gasteiger partial charge in [0.1, 0.15) is 36.6 Å². The Morgan fingerprint density at radius 2 is 1.31 bits per heavy atom. The van der Waals surface area contributed by atoms with Crippen molar-refractivity contribution >= 4 is 41.5 Å². The third-order valence-corrected chi connectivity index (χ3v) is 10.3. The number of hydrogen-bond donors (Lipinski definition) is 4. The molecule has 0 saturated carbocycles. The highest BCUT2D eigenvalue weighted by Crippen LogP contribution is 2.44. The van der Waals surface area contributed by atoms with Gasteiger partial charge in [0.25, 0.3) is 5.69 Å². The lowest BCUT2D eigenvalue weighted by Gasteiger charge is -2.24. The van der Waals surface area contributed by atoms with E-state index in [1.54, 1.807) is 45.0 Å². The number of ether oxygens (including phenoxy) is 4. The van der Waals surface area contributed by atoms with Crippen molar-refractivity contribution in [1.82, 2.24) is 16.0 Å². The van der Waals surface area contributed by atoms with E-state index in [9.17, 15) is 34.1 Å². The first-order valence-electron chi connectivity index (χ1n) is 21.1. The maximum Gasteiger partial charge on any atom is 0.514 e. The Morgan fingerprint density at radius 1 is 0.677 bits per heavy atom. The molecule has 2 atom stereocenters. The zero-order valence-corrected chi connectivity index (χ0v) is 36.2. The number of nitro benzene ring substituents is 1. The molecule has 0 aromatic heterocycles. The molecular formula is C49H51N5O11. The van der Waals surface area contributed by atoms with Gasteiger partial charge < -0.3 is 40.2 Å². The van der Waals surface area contributed by atoms with Crippen LogP contribution in [0.15, 0.2) is 127 Å². The highest BCUT2D eigenvalue weighted by atomic mass is 16.7. The van der Waals surface area contributed by atoms with Gasteiger partial charge in [-0.05, 0) is 97.7 Å². The summed E-state index contributed by atoms with van der Waals surface area (Å²) in [6.45, 7) is 5.42. The molecule has 16 nitrogen and oxygen atoms in total. The minimum atomic E-state index is -1.12. The molecule has 0 radical (unpaired) electrons. The fourth-order valence-corrected chi connectivity index (χ4v) is 7.18. The summed E-state index contributed by atoms with van der Waals surface area (Å²) >= 11 is 0. The number of fused-ring (bicyclic) bond motifs is 3. The topological polar surface area (TPSA) is 214 Å². The highest BCUT2D eigenvalue weighted by Gasteiger charge is 2.31. The summed E-state index contributed by atoms with van der Waals surface area (Å²) in [5, 5.41) is 22.0. The minimum absolute atomic E-state index is 0.0408. The monoisotopic (exact) mass is 885 g/mol. The Bertz CT molecular complexity index is 2410. The zero-order valence-electron chi connectivity index (χ0n) is 36.2. The quantitative estimate of drug-likeness (QED) is 0.0163. The number of nitrogens with zero attached hydrogens (tertiary/aromatic N) is 1. The summed E-state index contributed by atoms with van der Waals surface area (Å²) < 4.78 is 21.4. The highest BCUT2D eigenvalue weighted by molar-refractivity contribution is 5.98. The van der Waals surface area contributed by atoms with E-state index >= 15 is 0 Å². The summed E-state index contributed by atoms with van der Waals surface area (Å²) in [4.78, 5) is 76.4. The molecule has 0 fully saturated rings. The fraction of sp³-hybridized carbons (Fsp3) is 0.286. The second-order valence-electron chi connectivity index (χ2n) is 16.3. The van der Waals surface area contributed by atoms with Crippen molar-refractivity contribution in [3.63, 3.8) is 0 Å². The van der Waals surface area contributed by atoms with Crippen molar-refractivity contribution in [3.05, 3.63) is 160 Å². The summed E-state index contributed by atoms with van der Waals surface area (Å²) in [5.41, 5.74) is 5.13. The van der Waals surface area contributed by atoms with Crippen LogP contribution in [0.25, 0.3) is 11.1 Å². The van der Waals surface area contributed by atoms with Crippen LogP contribution in [-0.4, -0.2) is 65.9 Å². The van der Waals surface area contributed by atoms with Gasteiger partial charge in [-0.15, -0.1) is 0 Å². The third kappa shape index (κ3) is 13.9. The Kier molecular flexibility index (Phi) is 15.9. The van der Waals surface area contributed by atoms with E-state index < -0.39 is 52.8 Å². The molecule has 0 saturated heterocycles. The molecule has 1 aliphatic carbocycles. The SMILES string of the molecule is CC(C)(C)OC(=O)NCCCCC(NC(=O)C(Cc1ccccc1)NC(=O)OCC1c2ccccc2-c2ccccc21)C(=O)Nc1ccc(COC(=O)Oc2ccc([N+](=O)[O-])cc2)cc1. The number of non-ortho nitro benzene ring substituents is 1. The normalized spacial score (nSPS) is 12.6. The smallest absolute Gasteiger partial charge is 0.449 e. The third-order valence-electron chi connectivity index (χ3n) is 10.3. The fourth-order valence-electron chi connectivity index (χ4n) is 7.18. The molecule has 16 heteroatoms. The van der Waals surface area contributed by atoms with Crippen LogP contribution in [-0.2, 0) is 36.8 Å². The maximum absolute atomic E-state index is 14.2. The van der Waals surface area contributed by atoms with E-state index in [1.165, 1.54) is 24.3 Å². The molecule has 6 rings (SSSR count). The summed E-state index contributed by atoms with van der Waals surface area (Å²) in [6.07, 6.45) is -1.21. The van der Waals surface area contributed by atoms with Gasteiger partial charge in [0.15, 0.2) is 0 Å². The van der Waals surface area contributed by atoms with Crippen LogP contribution in [0.2, 0.25) is 0 Å². The van der Waals surface area contributed by atoms with Gasteiger partial charge in [0.05, 0.1) is 4.92 Å². The second-order valence-corrected chi connectivity index (χ2v) is 16.3. The van der Waals surface area contributed by atoms with Crippen molar-refractivity contribution in [2.75, 3.05) is 18.5 Å². The van der Waals surface area contributed by atoms with Crippen LogP contribution >= 0.6 is 0 Å². The van der Waals surface area contributed by atoms with Crippen LogP contribution in [0.4, 0.5) is 25.8 Å². The van der Waals surface area contributed by atoms with Gasteiger partial charge in [0, 0.05) is 36.7 Å². The van der Waals surface area contributed by atoms with E-state index in [0.29, 0.717) is 24.1 Å². The van der Waals surface area contributed by atoms with Crippen molar-refractivity contribution in [2.24, 2.45) is 0 Å². The zero-order chi connectivity index (χ0) is 46.3. The molecule has 0 spiro atoms. The molecule has 0 aliphatic heterocycles. The van der Waals surface area contributed by atoms with Crippen LogP contribution in [0.5, 0.6) is 5.75 Å². The maximum atomic E-state index is 14.2. The van der Waals surface area contributed by atoms with E-state index in [-0.39, 0.29) is 50.0 Å². The van der Waals surface area contributed by atoms with E-state index in [1.807, 2.05) is 78.9 Å². The Hall–Kier alpha value is -7.75. The Morgan fingerprint density at radius 3 is 1.94 bits per heavy atom. The lowest BCUT2D eigenvalue weighted by atomic mass is 9.98. The Labute approximate surface area is 376 Å². The number of nitrogens with one attached hydrogen (secondary N) is 4. The Balaban J connectivity index is 1.10. The number of amides is 4. The van der Waals surface area contributed by atoms with Gasteiger partial charge >= 0.3 is 18.3 Å². The number of rotatable bonds is 18. The first-order valence-corrected chi connectivity index (χ1v) is 21.1. The van der Waals surface area contributed by atoms with Crippen molar-refractivity contribution in [1.29, 1.82) is 0 Å². The molecule has 5 aromatic rings. The average Bonchev–Trinajstić information content (AvgIpc) is 3.60. The molecule has 1 aliphatic rings. The molecule has 0 heterocycles. The van der Waals surface area contributed by atoms with Gasteiger partial charge in [0.2, 0.25) is 11.8 Å². The minimum Gasteiger partial charge on any atom is -0.449 e. The average molecular weight is 886 g/mol. The van der Waals surface area contributed by atoms with E-state index in [2.05, 4.69) is 21.3 Å². The molecule has 338 valence electrons. The molecule has 5 aromatic carbocycles. The number of nitro groups is 1. The van der Waals surface area contributed by atoms with Crippen LogP contribution in [0, 0.1) is 10.1 Å². The standard InChI is InChI=1S/C49H51N5O11/c1-49(2,3)65-46(57)50-28-12-11-19-42(44(55)51-34-22-20-33(21-23-34)30-63-48(59)64-36-26-24-35(25-27-36)54(60)61)52-45(56)43(29-32-13-5-4-6-14-32)53-47(58)62-31-41-39-17-9-7-15-37(39)38-16-8-10-18-40(38)41/h4-10,13-18,20-27,41-43H,11-12,19,28-31H2,1-3H3,(H,50,57)(H,51,55)(H,52,56)(H,53,58). The van der Waals surface area contributed by atoms with Gasteiger partial charge in [-0.2, -0.15) is 0 Å². The number of alkyl carbamates (subject to hydrolysis) is 2. The lowest BCUT2D eigenvalue weighted by molar-refractivity contribution is -0.384. The molecule has 0 bridgehead atoms. The predicted octanol–water partition coefficient (Wildman–Crippen LogP) is 8.58. The summed E-state index contributed by atoms with van der Waals surface area (Å²) in [7, 11) is 0. The first-order chi connectivity index (χ1) is 31.2. The summed E-state index contributed by atoms with van der Waals surface area (Å²) in [5.74, 6) is -1.27. The molecule has 4 amide bonds. The number of hydrogen-bond acceptors (Lipinski definition) is 11. The first kappa shape index (κ1) is 46.7. The van der Waals surface area contributed by atoms with E-state index in [0.717, 1.165) is 27.8 Å². The number of carbonyl (C=O) groups is 5. The molecular weight excluding hydrogens is 835 g/mol. The van der Waals surface area contributed by atoms with Crippen LogP contribution in [0.1, 0.15) is 68.2 Å². The number of anilines is 1. The lowest BCUT2D eigenvalue weighted by Crippen LogP contribution is -2.53. The summed E-state index contributed by atoms with van der Waals surface area (Å²) in [6, 6.07) is 34.3. The number of benzene rings is 5. The molecule has 4 N–H and O–H groups in total. The second kappa shape index (κ2) is 22.0. The number of unbranched alkanes of at least 4 members (excludes halogenated alkanes) is 1.